The zero-order valence-electron chi connectivity index (χ0n) is 18.7. The van der Waals surface area contributed by atoms with Gasteiger partial charge >= 0.3 is 11.9 Å². The maximum absolute atomic E-state index is 12.9. The molecule has 1 amide bonds. The van der Waals surface area contributed by atoms with E-state index in [0.29, 0.717) is 28.2 Å². The van der Waals surface area contributed by atoms with Gasteiger partial charge in [-0.25, -0.2) is 14.6 Å². The Morgan fingerprint density at radius 3 is 2.62 bits per heavy atom. The van der Waals surface area contributed by atoms with Crippen molar-refractivity contribution in [2.75, 3.05) is 18.5 Å². The summed E-state index contributed by atoms with van der Waals surface area (Å²) in [6.45, 7) is 5.03. The summed E-state index contributed by atoms with van der Waals surface area (Å²) in [7, 11) is 0. The summed E-state index contributed by atoms with van der Waals surface area (Å²) in [5, 5.41) is 9.24. The van der Waals surface area contributed by atoms with Gasteiger partial charge in [-0.2, -0.15) is 0 Å². The smallest absolute Gasteiger partial charge is 0.341 e. The molecule has 0 aliphatic rings. The van der Waals surface area contributed by atoms with E-state index in [1.54, 1.807) is 26.0 Å². The summed E-state index contributed by atoms with van der Waals surface area (Å²) in [6, 6.07) is 7.04. The van der Waals surface area contributed by atoms with Crippen molar-refractivity contribution in [3.63, 3.8) is 0 Å². The maximum Gasteiger partial charge on any atom is 0.341 e. The third-order valence-electron chi connectivity index (χ3n) is 4.82. The number of fused-ring (bicyclic) bond motifs is 1. The average Bonchev–Trinajstić information content (AvgIpc) is 3.57. The number of hydrogen-bond donors (Lipinski definition) is 1. The normalized spacial score (nSPS) is 10.9. The summed E-state index contributed by atoms with van der Waals surface area (Å²) in [5.41, 5.74) is 1.72. The summed E-state index contributed by atoms with van der Waals surface area (Å²) in [5.74, 6) is -1.80. The summed E-state index contributed by atoms with van der Waals surface area (Å²) >= 11 is 2.74. The Hall–Kier alpha value is -3.57. The maximum atomic E-state index is 12.9. The van der Waals surface area contributed by atoms with Gasteiger partial charge in [0.2, 0.25) is 0 Å². The van der Waals surface area contributed by atoms with Gasteiger partial charge in [0.25, 0.3) is 11.6 Å². The van der Waals surface area contributed by atoms with Crippen molar-refractivity contribution in [3.05, 3.63) is 51.3 Å². The second-order valence-corrected chi connectivity index (χ2v) is 9.22. The minimum atomic E-state index is -0.710. The highest BCUT2D eigenvalue weighted by molar-refractivity contribution is 7.16. The summed E-state index contributed by atoms with van der Waals surface area (Å²) in [6.07, 6.45) is 0.699. The highest BCUT2D eigenvalue weighted by Crippen LogP contribution is 2.31. The topological polar surface area (TPSA) is 121 Å². The number of thiophene rings is 2. The molecule has 176 valence electrons. The van der Waals surface area contributed by atoms with E-state index in [0.717, 1.165) is 9.75 Å². The van der Waals surface area contributed by atoms with Crippen LogP contribution in [0, 0.1) is 6.92 Å². The lowest BCUT2D eigenvalue weighted by Crippen LogP contribution is -2.21. The molecule has 11 heteroatoms. The van der Waals surface area contributed by atoms with Gasteiger partial charge in [-0.3, -0.25) is 4.79 Å². The molecule has 34 heavy (non-hydrogen) atoms. The van der Waals surface area contributed by atoms with Crippen molar-refractivity contribution in [1.29, 1.82) is 0 Å². The number of nitrogens with zero attached hydrogens (tertiary/aromatic N) is 2. The standard InChI is InChI=1S/C23H21N3O6S2/c1-4-13-9-15(23(29)30-5-2)21(34-13)25-18(27)11-31-22(28)14-10-16(17-7-6-8-33-17)24-20-19(14)12(3)26-32-20/h6-10H,4-5,11H2,1-3H3,(H,25,27). The van der Waals surface area contributed by atoms with Gasteiger partial charge in [0.15, 0.2) is 6.61 Å². The highest BCUT2D eigenvalue weighted by Gasteiger charge is 2.23. The lowest BCUT2D eigenvalue weighted by atomic mass is 10.1. The lowest BCUT2D eigenvalue weighted by molar-refractivity contribution is -0.119. The molecule has 4 aromatic heterocycles. The molecule has 1 N–H and O–H groups in total. The fraction of sp³-hybridized carbons (Fsp3) is 0.261. The zero-order valence-corrected chi connectivity index (χ0v) is 20.3. The third kappa shape index (κ3) is 4.85. The summed E-state index contributed by atoms with van der Waals surface area (Å²) in [4.78, 5) is 43.9. The van der Waals surface area contributed by atoms with Gasteiger partial charge in [0.1, 0.15) is 5.00 Å². The molecular weight excluding hydrogens is 478 g/mol. The minimum absolute atomic E-state index is 0.205. The Bertz CT molecular complexity index is 1360. The van der Waals surface area contributed by atoms with Crippen LogP contribution in [-0.4, -0.2) is 41.2 Å². The predicted octanol–water partition coefficient (Wildman–Crippen LogP) is 4.86. The first-order valence-electron chi connectivity index (χ1n) is 10.5. The quantitative estimate of drug-likeness (QED) is 0.341. The minimum Gasteiger partial charge on any atom is -0.462 e. The third-order valence-corrected chi connectivity index (χ3v) is 6.91. The predicted molar refractivity (Wildman–Crippen MR) is 128 cm³/mol. The molecule has 0 aliphatic carbocycles. The largest absolute Gasteiger partial charge is 0.462 e. The van der Waals surface area contributed by atoms with Crippen LogP contribution in [0.4, 0.5) is 5.00 Å². The lowest BCUT2D eigenvalue weighted by Gasteiger charge is -2.08. The van der Waals surface area contributed by atoms with Gasteiger partial charge in [0.05, 0.1) is 39.4 Å². The Kier molecular flexibility index (Phi) is 7.03. The van der Waals surface area contributed by atoms with Crippen LogP contribution >= 0.6 is 22.7 Å². The molecule has 0 spiro atoms. The molecule has 0 aliphatic heterocycles. The van der Waals surface area contributed by atoms with Crippen molar-refractivity contribution in [3.8, 4) is 10.6 Å². The molecular formula is C23H21N3O6S2. The second kappa shape index (κ2) is 10.1. The molecule has 9 nitrogen and oxygen atoms in total. The van der Waals surface area contributed by atoms with Crippen LogP contribution in [0.1, 0.15) is 45.1 Å². The van der Waals surface area contributed by atoms with Crippen molar-refractivity contribution in [2.24, 2.45) is 0 Å². The first-order chi connectivity index (χ1) is 16.4. The molecule has 0 aromatic carbocycles. The Morgan fingerprint density at radius 1 is 1.12 bits per heavy atom. The van der Waals surface area contributed by atoms with Crippen LogP contribution in [0.5, 0.6) is 0 Å². The number of rotatable bonds is 8. The van der Waals surface area contributed by atoms with Crippen LogP contribution in [-0.2, 0) is 20.7 Å². The molecule has 0 radical (unpaired) electrons. The number of esters is 2. The Labute approximate surface area is 202 Å². The number of anilines is 1. The van der Waals surface area contributed by atoms with Gasteiger partial charge in [-0.05, 0) is 43.8 Å². The van der Waals surface area contributed by atoms with Crippen molar-refractivity contribution in [1.82, 2.24) is 10.1 Å². The molecule has 0 saturated carbocycles. The first kappa shape index (κ1) is 23.6. The van der Waals surface area contributed by atoms with E-state index in [-0.39, 0.29) is 23.4 Å². The van der Waals surface area contributed by atoms with Crippen molar-refractivity contribution < 1.29 is 28.4 Å². The van der Waals surface area contributed by atoms with Crippen molar-refractivity contribution >= 4 is 56.6 Å². The molecule has 4 heterocycles. The monoisotopic (exact) mass is 499 g/mol. The average molecular weight is 500 g/mol. The number of pyridine rings is 1. The van der Waals surface area contributed by atoms with Gasteiger partial charge in [-0.1, -0.05) is 18.1 Å². The van der Waals surface area contributed by atoms with Crippen LogP contribution in [0.25, 0.3) is 21.7 Å². The molecule has 0 unspecified atom stereocenters. The highest BCUT2D eigenvalue weighted by atomic mass is 32.1. The molecule has 0 atom stereocenters. The number of aromatic nitrogens is 2. The first-order valence-corrected chi connectivity index (χ1v) is 12.2. The molecule has 4 aromatic rings. The molecule has 0 fully saturated rings. The number of carbonyl (C=O) groups is 3. The van der Waals surface area contributed by atoms with E-state index in [2.05, 4.69) is 15.5 Å². The molecule has 0 saturated heterocycles. The van der Waals surface area contributed by atoms with Gasteiger partial charge < -0.3 is 19.3 Å². The number of carbonyl (C=O) groups excluding carboxylic acids is 3. The van der Waals surface area contributed by atoms with Gasteiger partial charge in [-0.15, -0.1) is 22.7 Å². The Balaban J connectivity index is 1.51. The number of nitrogens with one attached hydrogen (secondary N) is 1. The van der Waals surface area contributed by atoms with E-state index in [1.807, 2.05) is 24.4 Å². The van der Waals surface area contributed by atoms with E-state index in [1.165, 1.54) is 22.7 Å². The van der Waals surface area contributed by atoms with E-state index >= 15 is 0 Å². The number of hydrogen-bond acceptors (Lipinski definition) is 10. The SMILES string of the molecule is CCOC(=O)c1cc(CC)sc1NC(=O)COC(=O)c1cc(-c2cccs2)nc2onc(C)c12. The second-order valence-electron chi connectivity index (χ2n) is 7.13. The van der Waals surface area contributed by atoms with Crippen LogP contribution in [0.15, 0.2) is 34.2 Å². The number of amides is 1. The van der Waals surface area contributed by atoms with Crippen LogP contribution < -0.4 is 5.32 Å². The Morgan fingerprint density at radius 2 is 1.91 bits per heavy atom. The van der Waals surface area contributed by atoms with Crippen molar-refractivity contribution in [2.45, 2.75) is 27.2 Å². The number of ether oxygens (including phenoxy) is 2. The number of aryl methyl sites for hydroxylation is 2. The molecule has 0 bridgehead atoms. The van der Waals surface area contributed by atoms with E-state index in [4.69, 9.17) is 14.0 Å². The van der Waals surface area contributed by atoms with Crippen LogP contribution in [0.3, 0.4) is 0 Å². The zero-order chi connectivity index (χ0) is 24.2. The molecule has 4 rings (SSSR count). The van der Waals surface area contributed by atoms with Crippen LogP contribution in [0.2, 0.25) is 0 Å². The fourth-order valence-electron chi connectivity index (χ4n) is 3.25. The fourth-order valence-corrected chi connectivity index (χ4v) is 4.93. The van der Waals surface area contributed by atoms with E-state index < -0.39 is 24.5 Å². The van der Waals surface area contributed by atoms with E-state index in [9.17, 15) is 14.4 Å². The van der Waals surface area contributed by atoms with Gasteiger partial charge in [0, 0.05) is 4.88 Å². The summed E-state index contributed by atoms with van der Waals surface area (Å²) < 4.78 is 15.6.